The minimum atomic E-state index is -0.417. The number of aromatic nitrogens is 3. The Kier molecular flexibility index (Phi) is 5.20. The van der Waals surface area contributed by atoms with Gasteiger partial charge in [0.05, 0.1) is 13.1 Å². The molecule has 4 aromatic rings. The lowest BCUT2D eigenvalue weighted by Gasteiger charge is -2.13. The van der Waals surface area contributed by atoms with E-state index in [0.29, 0.717) is 12.1 Å². The largest absolute Gasteiger partial charge is 0.348 e. The number of hydrogen-bond acceptors (Lipinski definition) is 3. The second kappa shape index (κ2) is 8.10. The van der Waals surface area contributed by atoms with Crippen LogP contribution in [0.25, 0.3) is 11.3 Å². The van der Waals surface area contributed by atoms with Crippen LogP contribution in [0.4, 0.5) is 0 Å². The monoisotopic (exact) mass is 383 g/mol. The van der Waals surface area contributed by atoms with E-state index in [0.717, 1.165) is 16.7 Å². The zero-order chi connectivity index (χ0) is 20.2. The van der Waals surface area contributed by atoms with Crippen LogP contribution in [0.2, 0.25) is 0 Å². The molecule has 0 spiro atoms. The molecule has 0 amide bonds. The molecule has 0 radical (unpaired) electrons. The lowest BCUT2D eigenvalue weighted by Crippen LogP contribution is -2.42. The second-order valence-electron chi connectivity index (χ2n) is 7.02. The third kappa shape index (κ3) is 4.09. The molecular formula is C24H21N3O2. The van der Waals surface area contributed by atoms with Crippen LogP contribution >= 0.6 is 0 Å². The van der Waals surface area contributed by atoms with Gasteiger partial charge in [-0.15, -0.1) is 0 Å². The highest BCUT2D eigenvalue weighted by Gasteiger charge is 2.15. The zero-order valence-corrected chi connectivity index (χ0v) is 16.2. The summed E-state index contributed by atoms with van der Waals surface area (Å²) in [5.41, 5.74) is 3.05. The fourth-order valence-corrected chi connectivity index (χ4v) is 3.30. The van der Waals surface area contributed by atoms with Crippen molar-refractivity contribution in [3.8, 4) is 11.3 Å². The summed E-state index contributed by atoms with van der Waals surface area (Å²) in [5.74, 6) is 0. The van der Waals surface area contributed by atoms with E-state index in [2.05, 4.69) is 5.10 Å². The van der Waals surface area contributed by atoms with Gasteiger partial charge in [0.15, 0.2) is 5.69 Å². The van der Waals surface area contributed by atoms with Crippen LogP contribution < -0.4 is 11.2 Å². The molecule has 5 heteroatoms. The first-order valence-corrected chi connectivity index (χ1v) is 9.48. The number of hydrogen-bond donors (Lipinski definition) is 0. The highest BCUT2D eigenvalue weighted by atomic mass is 16.2. The van der Waals surface area contributed by atoms with E-state index in [1.807, 2.05) is 91.9 Å². The van der Waals surface area contributed by atoms with Crippen molar-refractivity contribution in [2.45, 2.75) is 20.0 Å². The van der Waals surface area contributed by atoms with Crippen LogP contribution in [-0.4, -0.2) is 14.3 Å². The molecule has 29 heavy (non-hydrogen) atoms. The number of rotatable bonds is 5. The highest BCUT2D eigenvalue weighted by molar-refractivity contribution is 5.58. The van der Waals surface area contributed by atoms with Crippen molar-refractivity contribution in [1.82, 2.24) is 14.3 Å². The maximum absolute atomic E-state index is 13.2. The van der Waals surface area contributed by atoms with Gasteiger partial charge in [-0.2, -0.15) is 5.10 Å². The Morgan fingerprint density at radius 1 is 0.759 bits per heavy atom. The van der Waals surface area contributed by atoms with Gasteiger partial charge in [-0.25, -0.2) is 9.48 Å². The van der Waals surface area contributed by atoms with Gasteiger partial charge < -0.3 is 0 Å². The molecule has 3 aromatic carbocycles. The van der Waals surface area contributed by atoms with Crippen molar-refractivity contribution in [3.63, 3.8) is 0 Å². The Balaban J connectivity index is 1.89. The molecular weight excluding hydrogens is 362 g/mol. The van der Waals surface area contributed by atoms with E-state index in [1.165, 1.54) is 9.25 Å². The number of nitrogens with zero attached hydrogens (tertiary/aromatic N) is 3. The summed E-state index contributed by atoms with van der Waals surface area (Å²) in [4.78, 5) is 26.3. The van der Waals surface area contributed by atoms with Crippen LogP contribution in [-0.2, 0) is 13.1 Å². The third-order valence-corrected chi connectivity index (χ3v) is 4.77. The summed E-state index contributed by atoms with van der Waals surface area (Å²) in [6.45, 7) is 2.47. The van der Waals surface area contributed by atoms with Gasteiger partial charge in [-0.1, -0.05) is 84.4 Å². The van der Waals surface area contributed by atoms with Gasteiger partial charge in [-0.05, 0) is 24.1 Å². The Labute approximate surface area is 168 Å². The third-order valence-electron chi connectivity index (χ3n) is 4.77. The molecule has 0 saturated carbocycles. The van der Waals surface area contributed by atoms with Crippen molar-refractivity contribution in [3.05, 3.63) is 122 Å². The summed E-state index contributed by atoms with van der Waals surface area (Å²) in [7, 11) is 0. The van der Waals surface area contributed by atoms with Crippen molar-refractivity contribution in [2.75, 3.05) is 0 Å². The van der Waals surface area contributed by atoms with Gasteiger partial charge >= 0.3 is 5.69 Å². The van der Waals surface area contributed by atoms with E-state index in [1.54, 1.807) is 0 Å². The quantitative estimate of drug-likeness (QED) is 0.530. The molecule has 0 aliphatic carbocycles. The average Bonchev–Trinajstić information content (AvgIpc) is 2.74. The van der Waals surface area contributed by atoms with Gasteiger partial charge in [-0.3, -0.25) is 9.36 Å². The van der Waals surface area contributed by atoms with E-state index in [4.69, 9.17) is 0 Å². The van der Waals surface area contributed by atoms with Crippen molar-refractivity contribution < 1.29 is 0 Å². The molecule has 0 atom stereocenters. The topological polar surface area (TPSA) is 56.9 Å². The van der Waals surface area contributed by atoms with E-state index < -0.39 is 5.69 Å². The Hall–Kier alpha value is -3.73. The molecule has 0 fully saturated rings. The van der Waals surface area contributed by atoms with Crippen molar-refractivity contribution in [2.24, 2.45) is 0 Å². The standard InChI is InChI=1S/C24H21N3O2/c1-18-9-8-14-21(15-18)22-23(28)26(16-19-10-4-2-5-11-19)24(29)27(25-22)17-20-12-6-3-7-13-20/h2-15H,16-17H2,1H3. The van der Waals surface area contributed by atoms with Crippen molar-refractivity contribution in [1.29, 1.82) is 0 Å². The lowest BCUT2D eigenvalue weighted by atomic mass is 10.1. The molecule has 0 unspecified atom stereocenters. The summed E-state index contributed by atoms with van der Waals surface area (Å²) in [5, 5.41) is 4.45. The molecule has 1 heterocycles. The first kappa shape index (κ1) is 18.6. The zero-order valence-electron chi connectivity index (χ0n) is 16.2. The lowest BCUT2D eigenvalue weighted by molar-refractivity contribution is 0.546. The van der Waals surface area contributed by atoms with Crippen LogP contribution in [0.15, 0.2) is 94.5 Å². The molecule has 4 rings (SSSR count). The second-order valence-corrected chi connectivity index (χ2v) is 7.02. The minimum absolute atomic E-state index is 0.203. The normalized spacial score (nSPS) is 10.8. The Morgan fingerprint density at radius 3 is 2.00 bits per heavy atom. The first-order chi connectivity index (χ1) is 14.1. The van der Waals surface area contributed by atoms with Crippen molar-refractivity contribution >= 4 is 0 Å². The predicted octanol–water partition coefficient (Wildman–Crippen LogP) is 3.48. The first-order valence-electron chi connectivity index (χ1n) is 9.48. The molecule has 0 saturated heterocycles. The van der Waals surface area contributed by atoms with E-state index in [-0.39, 0.29) is 17.8 Å². The van der Waals surface area contributed by atoms with Gasteiger partial charge in [0.1, 0.15) is 0 Å². The van der Waals surface area contributed by atoms with Gasteiger partial charge in [0, 0.05) is 5.56 Å². The van der Waals surface area contributed by atoms with Crippen LogP contribution in [0.1, 0.15) is 16.7 Å². The maximum Gasteiger partial charge on any atom is 0.348 e. The molecule has 0 aliphatic heterocycles. The van der Waals surface area contributed by atoms with Gasteiger partial charge in [0.25, 0.3) is 5.56 Å². The number of aryl methyl sites for hydroxylation is 1. The van der Waals surface area contributed by atoms with E-state index >= 15 is 0 Å². The fourth-order valence-electron chi connectivity index (χ4n) is 3.30. The Morgan fingerprint density at radius 2 is 1.38 bits per heavy atom. The minimum Gasteiger partial charge on any atom is -0.267 e. The summed E-state index contributed by atoms with van der Waals surface area (Å²) in [6.07, 6.45) is 0. The summed E-state index contributed by atoms with van der Waals surface area (Å²) < 4.78 is 2.64. The molecule has 144 valence electrons. The molecule has 0 aliphatic rings. The smallest absolute Gasteiger partial charge is 0.267 e. The maximum atomic E-state index is 13.2. The molecule has 5 nitrogen and oxygen atoms in total. The van der Waals surface area contributed by atoms with Crippen LogP contribution in [0.3, 0.4) is 0 Å². The number of benzene rings is 3. The summed E-state index contributed by atoms with van der Waals surface area (Å²) in [6, 6.07) is 26.8. The molecule has 0 bridgehead atoms. The van der Waals surface area contributed by atoms with E-state index in [9.17, 15) is 9.59 Å². The predicted molar refractivity (Wildman–Crippen MR) is 114 cm³/mol. The Bertz CT molecular complexity index is 1240. The highest BCUT2D eigenvalue weighted by Crippen LogP contribution is 2.14. The van der Waals surface area contributed by atoms with Crippen LogP contribution in [0, 0.1) is 6.92 Å². The SMILES string of the molecule is Cc1cccc(-c2nn(Cc3ccccc3)c(=O)n(Cc3ccccc3)c2=O)c1. The molecule has 0 N–H and O–H groups in total. The fraction of sp³-hybridized carbons (Fsp3) is 0.125. The van der Waals surface area contributed by atoms with Crippen LogP contribution in [0.5, 0.6) is 0 Å². The molecule has 1 aromatic heterocycles. The van der Waals surface area contributed by atoms with Gasteiger partial charge in [0.2, 0.25) is 0 Å². The summed E-state index contributed by atoms with van der Waals surface area (Å²) >= 11 is 0. The average molecular weight is 383 g/mol.